The standard InChI is InChI=1S/C9H17NO2S/c11-9(2-1-3-9)8-10-4-6-13(12)7-5-10/h11H,1-8H2. The molecule has 1 aliphatic heterocycles. The fourth-order valence-electron chi connectivity index (χ4n) is 1.99. The summed E-state index contributed by atoms with van der Waals surface area (Å²) in [5.41, 5.74) is -0.404. The van der Waals surface area contributed by atoms with Crippen LogP contribution in [0.5, 0.6) is 0 Å². The molecule has 2 aliphatic rings. The fourth-order valence-corrected chi connectivity index (χ4v) is 3.12. The summed E-state index contributed by atoms with van der Waals surface area (Å²) in [4.78, 5) is 2.25. The lowest BCUT2D eigenvalue weighted by Gasteiger charge is -2.41. The van der Waals surface area contributed by atoms with Crippen LogP contribution in [0.3, 0.4) is 0 Å². The van der Waals surface area contributed by atoms with Crippen LogP contribution in [-0.2, 0) is 10.8 Å². The molecule has 0 radical (unpaired) electrons. The minimum Gasteiger partial charge on any atom is -0.389 e. The highest BCUT2D eigenvalue weighted by Gasteiger charge is 2.36. The second-order valence-corrected chi connectivity index (χ2v) is 5.90. The van der Waals surface area contributed by atoms with Crippen molar-refractivity contribution in [3.63, 3.8) is 0 Å². The second kappa shape index (κ2) is 3.67. The number of aliphatic hydroxyl groups is 1. The van der Waals surface area contributed by atoms with E-state index in [0.717, 1.165) is 50.4 Å². The van der Waals surface area contributed by atoms with Gasteiger partial charge in [-0.05, 0) is 19.3 Å². The first-order valence-electron chi connectivity index (χ1n) is 4.98. The van der Waals surface area contributed by atoms with Gasteiger partial charge in [0.15, 0.2) is 0 Å². The maximum absolute atomic E-state index is 11.1. The number of hydrogen-bond acceptors (Lipinski definition) is 3. The number of β-amino-alcohol motifs (C(OH)–C–C–N with tert-alkyl or cyclic N) is 1. The second-order valence-electron chi connectivity index (χ2n) is 4.20. The Kier molecular flexibility index (Phi) is 2.72. The van der Waals surface area contributed by atoms with Crippen LogP contribution < -0.4 is 0 Å². The molecule has 13 heavy (non-hydrogen) atoms. The third-order valence-corrected chi connectivity index (χ3v) is 4.35. The quantitative estimate of drug-likeness (QED) is 0.685. The summed E-state index contributed by atoms with van der Waals surface area (Å²) in [5, 5.41) is 9.91. The van der Waals surface area contributed by atoms with Crippen molar-refractivity contribution in [1.29, 1.82) is 0 Å². The number of rotatable bonds is 2. The average Bonchev–Trinajstić information content (AvgIpc) is 2.06. The lowest BCUT2D eigenvalue weighted by Crippen LogP contribution is -2.51. The maximum atomic E-state index is 11.1. The van der Waals surface area contributed by atoms with Gasteiger partial charge in [-0.2, -0.15) is 0 Å². The van der Waals surface area contributed by atoms with E-state index in [1.807, 2.05) is 0 Å². The normalized spacial score (nSPS) is 29.9. The van der Waals surface area contributed by atoms with E-state index < -0.39 is 16.4 Å². The highest BCUT2D eigenvalue weighted by atomic mass is 32.2. The lowest BCUT2D eigenvalue weighted by molar-refractivity contribution is -0.0572. The third-order valence-electron chi connectivity index (χ3n) is 3.07. The summed E-state index contributed by atoms with van der Waals surface area (Å²) >= 11 is 0. The molecule has 0 atom stereocenters. The molecular formula is C9H17NO2S. The van der Waals surface area contributed by atoms with Crippen molar-refractivity contribution < 1.29 is 9.32 Å². The zero-order valence-corrected chi connectivity index (χ0v) is 8.68. The molecule has 0 aromatic carbocycles. The molecular weight excluding hydrogens is 186 g/mol. The first kappa shape index (κ1) is 9.62. The van der Waals surface area contributed by atoms with Crippen LogP contribution in [0.4, 0.5) is 0 Å². The van der Waals surface area contributed by atoms with Crippen molar-refractivity contribution in [3.05, 3.63) is 0 Å². The molecule has 0 bridgehead atoms. The van der Waals surface area contributed by atoms with Crippen molar-refractivity contribution in [2.45, 2.75) is 24.9 Å². The Labute approximate surface area is 81.6 Å². The van der Waals surface area contributed by atoms with Gasteiger partial charge in [0.1, 0.15) is 0 Å². The molecule has 0 aromatic heterocycles. The van der Waals surface area contributed by atoms with E-state index in [4.69, 9.17) is 0 Å². The highest BCUT2D eigenvalue weighted by Crippen LogP contribution is 2.32. The molecule has 1 aliphatic carbocycles. The van der Waals surface area contributed by atoms with Crippen molar-refractivity contribution in [1.82, 2.24) is 4.90 Å². The molecule has 2 rings (SSSR count). The van der Waals surface area contributed by atoms with Gasteiger partial charge in [-0.3, -0.25) is 9.11 Å². The van der Waals surface area contributed by atoms with E-state index >= 15 is 0 Å². The van der Waals surface area contributed by atoms with Gasteiger partial charge in [0.25, 0.3) is 0 Å². The zero-order chi connectivity index (χ0) is 9.31. The van der Waals surface area contributed by atoms with E-state index in [0.29, 0.717) is 0 Å². The summed E-state index contributed by atoms with van der Waals surface area (Å²) in [6.07, 6.45) is 3.06. The molecule has 1 saturated heterocycles. The number of nitrogens with zero attached hydrogens (tertiary/aromatic N) is 1. The van der Waals surface area contributed by atoms with Gasteiger partial charge in [-0.1, -0.05) is 0 Å². The number of hydrogen-bond donors (Lipinski definition) is 1. The van der Waals surface area contributed by atoms with Crippen molar-refractivity contribution in [2.75, 3.05) is 31.1 Å². The Morgan fingerprint density at radius 2 is 1.92 bits per heavy atom. The summed E-state index contributed by atoms with van der Waals surface area (Å²) in [6.45, 7) is 2.59. The molecule has 4 heteroatoms. The largest absolute Gasteiger partial charge is 0.389 e. The molecule has 1 N–H and O–H groups in total. The zero-order valence-electron chi connectivity index (χ0n) is 7.87. The van der Waals surface area contributed by atoms with E-state index in [1.54, 1.807) is 0 Å². The van der Waals surface area contributed by atoms with Gasteiger partial charge in [0, 0.05) is 41.9 Å². The monoisotopic (exact) mass is 203 g/mol. The predicted molar refractivity (Wildman–Crippen MR) is 53.1 cm³/mol. The average molecular weight is 203 g/mol. The lowest BCUT2D eigenvalue weighted by atomic mass is 9.80. The van der Waals surface area contributed by atoms with Crippen LogP contribution >= 0.6 is 0 Å². The van der Waals surface area contributed by atoms with Crippen LogP contribution in [-0.4, -0.2) is 51.0 Å². The van der Waals surface area contributed by atoms with Crippen LogP contribution in [0.1, 0.15) is 19.3 Å². The van der Waals surface area contributed by atoms with E-state index in [1.165, 1.54) is 0 Å². The minimum absolute atomic E-state index is 0.404. The molecule has 0 spiro atoms. The van der Waals surface area contributed by atoms with Crippen LogP contribution in [0.25, 0.3) is 0 Å². The smallest absolute Gasteiger partial charge is 0.0774 e. The van der Waals surface area contributed by atoms with Crippen molar-refractivity contribution in [2.24, 2.45) is 0 Å². The first-order valence-corrected chi connectivity index (χ1v) is 6.47. The first-order chi connectivity index (χ1) is 6.18. The third kappa shape index (κ3) is 2.30. The van der Waals surface area contributed by atoms with Crippen LogP contribution in [0.2, 0.25) is 0 Å². The molecule has 2 fully saturated rings. The van der Waals surface area contributed by atoms with E-state index in [-0.39, 0.29) is 0 Å². The SMILES string of the molecule is O=S1CCN(CC2(O)CCC2)CC1. The van der Waals surface area contributed by atoms with Crippen LogP contribution in [0, 0.1) is 0 Å². The molecule has 76 valence electrons. The van der Waals surface area contributed by atoms with Gasteiger partial charge >= 0.3 is 0 Å². The molecule has 1 heterocycles. The molecule has 0 aromatic rings. The van der Waals surface area contributed by atoms with Gasteiger partial charge in [0.05, 0.1) is 5.60 Å². The molecule has 0 amide bonds. The van der Waals surface area contributed by atoms with E-state index in [9.17, 15) is 9.32 Å². The minimum atomic E-state index is -0.597. The van der Waals surface area contributed by atoms with Crippen LogP contribution in [0.15, 0.2) is 0 Å². The summed E-state index contributed by atoms with van der Waals surface area (Å²) in [5.74, 6) is 1.58. The topological polar surface area (TPSA) is 40.5 Å². The Hall–Kier alpha value is 0.0700. The Morgan fingerprint density at radius 1 is 1.31 bits per heavy atom. The van der Waals surface area contributed by atoms with E-state index in [2.05, 4.69) is 4.90 Å². The summed E-state index contributed by atoms with van der Waals surface area (Å²) < 4.78 is 11.1. The van der Waals surface area contributed by atoms with Crippen molar-refractivity contribution >= 4 is 10.8 Å². The maximum Gasteiger partial charge on any atom is 0.0774 e. The summed E-state index contributed by atoms with van der Waals surface area (Å²) in [7, 11) is -0.597. The van der Waals surface area contributed by atoms with Gasteiger partial charge in [-0.15, -0.1) is 0 Å². The Balaban J connectivity index is 1.78. The van der Waals surface area contributed by atoms with Crippen molar-refractivity contribution in [3.8, 4) is 0 Å². The summed E-state index contributed by atoms with van der Waals surface area (Å²) in [6, 6.07) is 0. The Bertz CT molecular complexity index is 206. The van der Waals surface area contributed by atoms with Gasteiger partial charge in [0.2, 0.25) is 0 Å². The predicted octanol–water partition coefficient (Wildman–Crippen LogP) is -0.0343. The highest BCUT2D eigenvalue weighted by molar-refractivity contribution is 7.85. The molecule has 3 nitrogen and oxygen atoms in total. The van der Waals surface area contributed by atoms with Gasteiger partial charge < -0.3 is 5.11 Å². The Morgan fingerprint density at radius 3 is 2.38 bits per heavy atom. The molecule has 0 unspecified atom stereocenters. The van der Waals surface area contributed by atoms with Gasteiger partial charge in [-0.25, -0.2) is 0 Å². The molecule has 1 saturated carbocycles. The fraction of sp³-hybridized carbons (Fsp3) is 1.00.